The molecular formula is C10H18N2OS. The molecule has 0 heterocycles. The van der Waals surface area contributed by atoms with Gasteiger partial charge in [0, 0.05) is 12.2 Å². The fourth-order valence-electron chi connectivity index (χ4n) is 0.844. The van der Waals surface area contributed by atoms with Gasteiger partial charge in [-0.25, -0.2) is 8.93 Å². The van der Waals surface area contributed by atoms with Crippen LogP contribution >= 0.6 is 0 Å². The third-order valence-electron chi connectivity index (χ3n) is 1.35. The summed E-state index contributed by atoms with van der Waals surface area (Å²) < 4.78 is 14.1. The van der Waals surface area contributed by atoms with Crippen molar-refractivity contribution in [1.82, 2.24) is 4.72 Å². The molecule has 0 radical (unpaired) electrons. The summed E-state index contributed by atoms with van der Waals surface area (Å²) in [5.74, 6) is 0. The Hall–Kier alpha value is -0.870. The van der Waals surface area contributed by atoms with Gasteiger partial charge in [0.05, 0.1) is 4.90 Å². The van der Waals surface area contributed by atoms with Crippen LogP contribution in [0, 0.1) is 0 Å². The second-order valence-corrected chi connectivity index (χ2v) is 3.64. The summed E-state index contributed by atoms with van der Waals surface area (Å²) in [4.78, 5) is 0.719. The molecule has 1 unspecified atom stereocenters. The zero-order valence-corrected chi connectivity index (χ0v) is 9.73. The first kappa shape index (κ1) is 13.1. The zero-order valence-electron chi connectivity index (χ0n) is 8.91. The van der Waals surface area contributed by atoms with Crippen molar-refractivity contribution in [2.75, 3.05) is 12.3 Å². The second kappa shape index (κ2) is 7.53. The Bertz CT molecular complexity index is 289. The summed E-state index contributed by atoms with van der Waals surface area (Å²) in [6.07, 6.45) is 0. The lowest BCUT2D eigenvalue weighted by Gasteiger charge is -2.01. The van der Waals surface area contributed by atoms with Gasteiger partial charge in [0.25, 0.3) is 0 Å². The van der Waals surface area contributed by atoms with Crippen molar-refractivity contribution in [3.8, 4) is 0 Å². The summed E-state index contributed by atoms with van der Waals surface area (Å²) in [6.45, 7) is 6.59. The molecule has 0 aromatic heterocycles. The van der Waals surface area contributed by atoms with Crippen molar-refractivity contribution < 1.29 is 4.21 Å². The lowest BCUT2D eigenvalue weighted by Crippen LogP contribution is -2.16. The second-order valence-electron chi connectivity index (χ2n) is 2.34. The van der Waals surface area contributed by atoms with Gasteiger partial charge in [-0.15, -0.1) is 0 Å². The Balaban J connectivity index is 0.000000791. The SMILES string of the molecule is CC.CCNS(=O)c1cccc(N)c1. The van der Waals surface area contributed by atoms with E-state index in [2.05, 4.69) is 4.72 Å². The molecule has 3 N–H and O–H groups in total. The minimum absolute atomic E-state index is 0.638. The molecule has 14 heavy (non-hydrogen) atoms. The molecule has 0 amide bonds. The van der Waals surface area contributed by atoms with Crippen LogP contribution in [0.2, 0.25) is 0 Å². The van der Waals surface area contributed by atoms with E-state index < -0.39 is 11.0 Å². The Labute approximate surface area is 88.3 Å². The minimum atomic E-state index is -1.12. The predicted molar refractivity (Wildman–Crippen MR) is 62.3 cm³/mol. The fraction of sp³-hybridized carbons (Fsp3) is 0.400. The van der Waals surface area contributed by atoms with Crippen LogP contribution in [0.1, 0.15) is 20.8 Å². The zero-order chi connectivity index (χ0) is 11.0. The van der Waals surface area contributed by atoms with E-state index in [-0.39, 0.29) is 0 Å². The molecule has 1 rings (SSSR count). The largest absolute Gasteiger partial charge is 0.399 e. The van der Waals surface area contributed by atoms with Gasteiger partial charge in [0.15, 0.2) is 0 Å². The van der Waals surface area contributed by atoms with E-state index in [0.717, 1.165) is 4.90 Å². The van der Waals surface area contributed by atoms with Crippen LogP contribution in [0.3, 0.4) is 0 Å². The van der Waals surface area contributed by atoms with Gasteiger partial charge in [-0.05, 0) is 18.2 Å². The molecule has 0 aliphatic carbocycles. The van der Waals surface area contributed by atoms with Crippen molar-refractivity contribution in [2.45, 2.75) is 25.7 Å². The predicted octanol–water partition coefficient (Wildman–Crippen LogP) is 1.93. The van der Waals surface area contributed by atoms with Crippen LogP contribution in [0.5, 0.6) is 0 Å². The molecule has 0 fully saturated rings. The van der Waals surface area contributed by atoms with E-state index in [9.17, 15) is 4.21 Å². The Kier molecular flexibility index (Phi) is 7.06. The quantitative estimate of drug-likeness (QED) is 0.755. The molecule has 0 aliphatic rings. The first-order valence-corrected chi connectivity index (χ1v) is 5.90. The van der Waals surface area contributed by atoms with Gasteiger partial charge >= 0.3 is 0 Å². The monoisotopic (exact) mass is 214 g/mol. The number of nitrogens with two attached hydrogens (primary N) is 1. The van der Waals surface area contributed by atoms with E-state index in [1.54, 1.807) is 24.3 Å². The summed E-state index contributed by atoms with van der Waals surface area (Å²) in [6, 6.07) is 7.06. The third-order valence-corrected chi connectivity index (χ3v) is 2.58. The molecule has 0 spiro atoms. The molecule has 3 nitrogen and oxygen atoms in total. The fourth-order valence-corrected chi connectivity index (χ4v) is 1.72. The van der Waals surface area contributed by atoms with E-state index in [1.165, 1.54) is 0 Å². The first-order chi connectivity index (χ1) is 6.74. The van der Waals surface area contributed by atoms with Gasteiger partial charge in [-0.3, -0.25) is 0 Å². The maximum absolute atomic E-state index is 11.3. The molecular weight excluding hydrogens is 196 g/mol. The Morgan fingerprint density at radius 3 is 2.57 bits per heavy atom. The number of hydrogen-bond acceptors (Lipinski definition) is 2. The van der Waals surface area contributed by atoms with Crippen molar-refractivity contribution in [2.24, 2.45) is 0 Å². The summed E-state index contributed by atoms with van der Waals surface area (Å²) in [7, 11) is -1.12. The van der Waals surface area contributed by atoms with E-state index in [0.29, 0.717) is 12.2 Å². The molecule has 1 aromatic rings. The van der Waals surface area contributed by atoms with Gasteiger partial charge < -0.3 is 5.73 Å². The summed E-state index contributed by atoms with van der Waals surface area (Å²) in [5, 5.41) is 0. The number of hydrogen-bond donors (Lipinski definition) is 2. The van der Waals surface area contributed by atoms with Gasteiger partial charge in [0.1, 0.15) is 11.0 Å². The van der Waals surface area contributed by atoms with Crippen molar-refractivity contribution in [3.63, 3.8) is 0 Å². The van der Waals surface area contributed by atoms with E-state index in [1.807, 2.05) is 20.8 Å². The third kappa shape index (κ3) is 4.39. The smallest absolute Gasteiger partial charge is 0.124 e. The molecule has 4 heteroatoms. The van der Waals surface area contributed by atoms with Crippen LogP contribution in [-0.2, 0) is 11.0 Å². The topological polar surface area (TPSA) is 55.1 Å². The minimum Gasteiger partial charge on any atom is -0.399 e. The van der Waals surface area contributed by atoms with Crippen molar-refractivity contribution in [1.29, 1.82) is 0 Å². The van der Waals surface area contributed by atoms with Crippen molar-refractivity contribution >= 4 is 16.7 Å². The molecule has 0 bridgehead atoms. The molecule has 0 saturated carbocycles. The molecule has 0 aliphatic heterocycles. The van der Waals surface area contributed by atoms with Gasteiger partial charge in [-0.1, -0.05) is 26.8 Å². The number of nitrogens with one attached hydrogen (secondary N) is 1. The normalized spacial score (nSPS) is 11.4. The highest BCUT2D eigenvalue weighted by Gasteiger charge is 2.00. The average Bonchev–Trinajstić information content (AvgIpc) is 2.21. The molecule has 80 valence electrons. The van der Waals surface area contributed by atoms with Crippen LogP contribution in [0.25, 0.3) is 0 Å². The van der Waals surface area contributed by atoms with Gasteiger partial charge in [-0.2, -0.15) is 0 Å². The highest BCUT2D eigenvalue weighted by atomic mass is 32.2. The maximum atomic E-state index is 11.3. The summed E-state index contributed by atoms with van der Waals surface area (Å²) in [5.41, 5.74) is 6.17. The Morgan fingerprint density at radius 2 is 2.07 bits per heavy atom. The van der Waals surface area contributed by atoms with E-state index >= 15 is 0 Å². The van der Waals surface area contributed by atoms with Gasteiger partial charge in [0.2, 0.25) is 0 Å². The lowest BCUT2D eigenvalue weighted by atomic mass is 10.3. The molecule has 1 aromatic carbocycles. The average molecular weight is 214 g/mol. The number of rotatable bonds is 3. The van der Waals surface area contributed by atoms with Crippen LogP contribution in [-0.4, -0.2) is 10.8 Å². The van der Waals surface area contributed by atoms with Crippen molar-refractivity contribution in [3.05, 3.63) is 24.3 Å². The van der Waals surface area contributed by atoms with E-state index in [4.69, 9.17) is 5.73 Å². The number of anilines is 1. The van der Waals surface area contributed by atoms with Crippen LogP contribution < -0.4 is 10.5 Å². The van der Waals surface area contributed by atoms with Crippen LogP contribution in [0.4, 0.5) is 5.69 Å². The first-order valence-electron chi connectivity index (χ1n) is 4.75. The van der Waals surface area contributed by atoms with Crippen LogP contribution in [0.15, 0.2) is 29.2 Å². The standard InChI is InChI=1S/C8H12N2OS.C2H6/c1-2-10-12(11)8-5-3-4-7(9)6-8;1-2/h3-6,10H,2,9H2,1H3;1-2H3. The highest BCUT2D eigenvalue weighted by Crippen LogP contribution is 2.08. The summed E-state index contributed by atoms with van der Waals surface area (Å²) >= 11 is 0. The molecule has 1 atom stereocenters. The number of benzene rings is 1. The number of nitrogen functional groups attached to an aromatic ring is 1. The maximum Gasteiger partial charge on any atom is 0.124 e. The Morgan fingerprint density at radius 1 is 1.43 bits per heavy atom. The molecule has 0 saturated heterocycles. The lowest BCUT2D eigenvalue weighted by molar-refractivity contribution is 0.674. The highest BCUT2D eigenvalue weighted by molar-refractivity contribution is 7.83.